The second-order valence-corrected chi connectivity index (χ2v) is 5.93. The molecule has 1 aromatic carbocycles. The zero-order chi connectivity index (χ0) is 16.6. The number of benzene rings is 1. The summed E-state index contributed by atoms with van der Waals surface area (Å²) in [4.78, 5) is 23.4. The first-order chi connectivity index (χ1) is 10.3. The molecule has 0 bridgehead atoms. The predicted octanol–water partition coefficient (Wildman–Crippen LogP) is 1.97. The third-order valence-electron chi connectivity index (χ3n) is 2.65. The Balaban J connectivity index is 2.38. The maximum atomic E-state index is 11.7. The molecule has 0 fully saturated rings. The predicted molar refractivity (Wildman–Crippen MR) is 83.1 cm³/mol. The van der Waals surface area contributed by atoms with Gasteiger partial charge in [0.1, 0.15) is 12.2 Å². The van der Waals surface area contributed by atoms with Crippen LogP contribution in [0.15, 0.2) is 30.3 Å². The molecule has 3 N–H and O–H groups in total. The fraction of sp³-hybridized carbons (Fsp3) is 0.500. The molecule has 0 radical (unpaired) electrons. The number of hydrogen-bond acceptors (Lipinski definition) is 5. The highest BCUT2D eigenvalue weighted by molar-refractivity contribution is 5.73. The lowest BCUT2D eigenvalue weighted by atomic mass is 10.1. The van der Waals surface area contributed by atoms with E-state index in [9.17, 15) is 9.59 Å². The first-order valence-electron chi connectivity index (χ1n) is 7.19. The van der Waals surface area contributed by atoms with E-state index in [0.717, 1.165) is 5.56 Å². The molecule has 0 unspecified atom stereocenters. The van der Waals surface area contributed by atoms with Crippen molar-refractivity contribution in [3.05, 3.63) is 35.9 Å². The molecule has 1 amide bonds. The number of carbonyl (C=O) groups is 2. The summed E-state index contributed by atoms with van der Waals surface area (Å²) < 4.78 is 10.3. The molecule has 0 aromatic heterocycles. The molecule has 1 rings (SSSR count). The van der Waals surface area contributed by atoms with Crippen LogP contribution in [0, 0.1) is 0 Å². The van der Waals surface area contributed by atoms with E-state index < -0.39 is 23.7 Å². The van der Waals surface area contributed by atoms with E-state index in [1.807, 2.05) is 30.3 Å². The van der Waals surface area contributed by atoms with Crippen LogP contribution in [-0.2, 0) is 20.9 Å². The van der Waals surface area contributed by atoms with E-state index in [1.165, 1.54) is 0 Å². The smallest absolute Gasteiger partial charge is 0.407 e. The zero-order valence-electron chi connectivity index (χ0n) is 13.3. The van der Waals surface area contributed by atoms with E-state index in [0.29, 0.717) is 0 Å². The minimum absolute atomic E-state index is 0.00814. The molecule has 1 aromatic rings. The maximum Gasteiger partial charge on any atom is 0.407 e. The SMILES string of the molecule is CC(C)(C)OC(=O)C[C@@H](CN)NC(=O)OCc1ccccc1. The lowest BCUT2D eigenvalue weighted by Crippen LogP contribution is -2.42. The van der Waals surface area contributed by atoms with Crippen LogP contribution in [-0.4, -0.2) is 30.3 Å². The Bertz CT molecular complexity index is 483. The number of nitrogens with one attached hydrogen (secondary N) is 1. The van der Waals surface area contributed by atoms with Gasteiger partial charge in [-0.05, 0) is 26.3 Å². The molecule has 0 saturated heterocycles. The maximum absolute atomic E-state index is 11.7. The molecule has 0 aliphatic carbocycles. The van der Waals surface area contributed by atoms with Crippen molar-refractivity contribution in [2.24, 2.45) is 5.73 Å². The van der Waals surface area contributed by atoms with Crippen LogP contribution in [0.25, 0.3) is 0 Å². The van der Waals surface area contributed by atoms with Gasteiger partial charge < -0.3 is 20.5 Å². The quantitative estimate of drug-likeness (QED) is 0.784. The molecule has 0 aliphatic heterocycles. The number of nitrogens with two attached hydrogens (primary N) is 1. The Morgan fingerprint density at radius 2 is 1.86 bits per heavy atom. The fourth-order valence-corrected chi connectivity index (χ4v) is 1.71. The summed E-state index contributed by atoms with van der Waals surface area (Å²) in [5, 5.41) is 2.57. The molecule has 0 heterocycles. The Hall–Kier alpha value is -2.08. The van der Waals surface area contributed by atoms with Crippen LogP contribution in [0.5, 0.6) is 0 Å². The van der Waals surface area contributed by atoms with Crippen molar-refractivity contribution in [1.82, 2.24) is 5.32 Å². The molecule has 6 nitrogen and oxygen atoms in total. The van der Waals surface area contributed by atoms with Gasteiger partial charge in [0, 0.05) is 6.54 Å². The Labute approximate surface area is 131 Å². The second kappa shape index (κ2) is 8.38. The van der Waals surface area contributed by atoms with Crippen molar-refractivity contribution in [3.63, 3.8) is 0 Å². The van der Waals surface area contributed by atoms with E-state index in [1.54, 1.807) is 20.8 Å². The molecule has 1 atom stereocenters. The summed E-state index contributed by atoms with van der Waals surface area (Å²) in [5.74, 6) is -0.411. The lowest BCUT2D eigenvalue weighted by Gasteiger charge is -2.22. The second-order valence-electron chi connectivity index (χ2n) is 5.93. The Kier molecular flexibility index (Phi) is 6.85. The average Bonchev–Trinajstić information content (AvgIpc) is 2.43. The standard InChI is InChI=1S/C16H24N2O4/c1-16(2,3)22-14(19)9-13(10-17)18-15(20)21-11-12-7-5-4-6-8-12/h4-8,13H,9-11,17H2,1-3H3,(H,18,20)/t13-/m0/s1. The highest BCUT2D eigenvalue weighted by atomic mass is 16.6. The van der Waals surface area contributed by atoms with Gasteiger partial charge in [-0.2, -0.15) is 0 Å². The summed E-state index contributed by atoms with van der Waals surface area (Å²) in [5.41, 5.74) is 5.88. The zero-order valence-corrected chi connectivity index (χ0v) is 13.3. The molecule has 0 saturated carbocycles. The number of carbonyl (C=O) groups excluding carboxylic acids is 2. The average molecular weight is 308 g/mol. The van der Waals surface area contributed by atoms with Gasteiger partial charge >= 0.3 is 12.1 Å². The monoisotopic (exact) mass is 308 g/mol. The van der Waals surface area contributed by atoms with Crippen LogP contribution in [0.1, 0.15) is 32.8 Å². The van der Waals surface area contributed by atoms with Crippen molar-refractivity contribution < 1.29 is 19.1 Å². The Morgan fingerprint density at radius 1 is 1.23 bits per heavy atom. The van der Waals surface area contributed by atoms with E-state index in [-0.39, 0.29) is 19.6 Å². The Morgan fingerprint density at radius 3 is 2.41 bits per heavy atom. The number of esters is 1. The number of ether oxygens (including phenoxy) is 2. The van der Waals surface area contributed by atoms with Gasteiger partial charge in [-0.1, -0.05) is 30.3 Å². The van der Waals surface area contributed by atoms with Gasteiger partial charge in [-0.15, -0.1) is 0 Å². The highest BCUT2D eigenvalue weighted by Gasteiger charge is 2.21. The van der Waals surface area contributed by atoms with Crippen molar-refractivity contribution in [2.45, 2.75) is 45.4 Å². The third kappa shape index (κ3) is 7.64. The van der Waals surface area contributed by atoms with Crippen molar-refractivity contribution in [1.29, 1.82) is 0 Å². The van der Waals surface area contributed by atoms with Crippen molar-refractivity contribution >= 4 is 12.1 Å². The number of amides is 1. The lowest BCUT2D eigenvalue weighted by molar-refractivity contribution is -0.155. The minimum atomic E-state index is -0.608. The van der Waals surface area contributed by atoms with E-state index >= 15 is 0 Å². The van der Waals surface area contributed by atoms with Crippen LogP contribution >= 0.6 is 0 Å². The normalized spacial score (nSPS) is 12.4. The first kappa shape index (κ1) is 18.0. The van der Waals surface area contributed by atoms with Crippen molar-refractivity contribution in [2.75, 3.05) is 6.54 Å². The van der Waals surface area contributed by atoms with Gasteiger partial charge in [0.15, 0.2) is 0 Å². The summed E-state index contributed by atoms with van der Waals surface area (Å²) >= 11 is 0. The summed E-state index contributed by atoms with van der Waals surface area (Å²) in [7, 11) is 0. The molecule has 0 aliphatic rings. The third-order valence-corrected chi connectivity index (χ3v) is 2.65. The molecular formula is C16H24N2O4. The van der Waals surface area contributed by atoms with Crippen LogP contribution in [0.3, 0.4) is 0 Å². The van der Waals surface area contributed by atoms with Gasteiger partial charge in [0.25, 0.3) is 0 Å². The fourth-order valence-electron chi connectivity index (χ4n) is 1.71. The summed E-state index contributed by atoms with van der Waals surface area (Å²) in [6, 6.07) is 8.81. The molecule has 122 valence electrons. The minimum Gasteiger partial charge on any atom is -0.460 e. The van der Waals surface area contributed by atoms with Crippen LogP contribution in [0.2, 0.25) is 0 Å². The van der Waals surface area contributed by atoms with Gasteiger partial charge in [0.2, 0.25) is 0 Å². The van der Waals surface area contributed by atoms with Gasteiger partial charge in [-0.25, -0.2) is 4.79 Å². The molecule has 22 heavy (non-hydrogen) atoms. The van der Waals surface area contributed by atoms with Gasteiger partial charge in [-0.3, -0.25) is 4.79 Å². The highest BCUT2D eigenvalue weighted by Crippen LogP contribution is 2.09. The first-order valence-corrected chi connectivity index (χ1v) is 7.19. The topological polar surface area (TPSA) is 90.6 Å². The van der Waals surface area contributed by atoms with Crippen molar-refractivity contribution in [3.8, 4) is 0 Å². The molecule has 0 spiro atoms. The largest absolute Gasteiger partial charge is 0.460 e. The van der Waals surface area contributed by atoms with Crippen LogP contribution in [0.4, 0.5) is 4.79 Å². The van der Waals surface area contributed by atoms with E-state index in [2.05, 4.69) is 5.32 Å². The number of hydrogen-bond donors (Lipinski definition) is 2. The summed E-state index contributed by atoms with van der Waals surface area (Å²) in [6.07, 6.45) is -0.600. The van der Waals surface area contributed by atoms with Gasteiger partial charge in [0.05, 0.1) is 12.5 Å². The van der Waals surface area contributed by atoms with E-state index in [4.69, 9.17) is 15.2 Å². The van der Waals surface area contributed by atoms with Crippen LogP contribution < -0.4 is 11.1 Å². The summed E-state index contributed by atoms with van der Waals surface area (Å²) in [6.45, 7) is 5.63. The number of alkyl carbamates (subject to hydrolysis) is 1. The number of rotatable bonds is 6. The molecular weight excluding hydrogens is 284 g/mol. The molecule has 6 heteroatoms.